The van der Waals surface area contributed by atoms with Crippen molar-refractivity contribution in [3.8, 4) is 17.6 Å². The maximum absolute atomic E-state index is 13.4. The lowest BCUT2D eigenvalue weighted by atomic mass is 9.49. The molecular formula is C45H58ClN7O8. The zero-order valence-electron chi connectivity index (χ0n) is 35.6. The summed E-state index contributed by atoms with van der Waals surface area (Å²) in [6, 6.07) is 15.1. The number of methoxy groups -OCH3 is 1. The fourth-order valence-electron chi connectivity index (χ4n) is 9.07. The number of nitriles is 1. The molecule has 3 aromatic rings. The Bertz CT molecular complexity index is 2050. The molecule has 5 N–H and O–H groups in total. The van der Waals surface area contributed by atoms with E-state index in [1.807, 2.05) is 12.1 Å². The number of pyridine rings is 1. The van der Waals surface area contributed by atoms with Crippen LogP contribution in [0.1, 0.15) is 91.6 Å². The number of carbonyl (C=O) groups excluding carboxylic acids is 3. The molecule has 0 radical (unpaired) electrons. The number of hydrogen-bond donors (Lipinski definition) is 5. The maximum atomic E-state index is 13.4. The van der Waals surface area contributed by atoms with Crippen molar-refractivity contribution in [1.29, 1.82) is 5.26 Å². The number of anilines is 1. The van der Waals surface area contributed by atoms with E-state index in [4.69, 9.17) is 25.8 Å². The summed E-state index contributed by atoms with van der Waals surface area (Å²) < 4.78 is 17.2. The molecule has 1 saturated carbocycles. The first kappa shape index (κ1) is 45.5. The predicted molar refractivity (Wildman–Crippen MR) is 229 cm³/mol. The Morgan fingerprint density at radius 2 is 1.67 bits per heavy atom. The number of unbranched alkanes of at least 4 members (excludes halogenated alkanes) is 2. The van der Waals surface area contributed by atoms with Gasteiger partial charge in [0.25, 0.3) is 11.8 Å². The molecule has 6 rings (SSSR count). The molecule has 61 heavy (non-hydrogen) atoms. The van der Waals surface area contributed by atoms with Crippen molar-refractivity contribution in [2.75, 3.05) is 51.3 Å². The summed E-state index contributed by atoms with van der Waals surface area (Å²) >= 11 is 6.24. The molecule has 0 bridgehead atoms. The standard InChI is InChI=1S/C45H58ClN7O8/c1-44(2)42(45(3,4)43(44)61-32-11-9-28(26-47)34(46)25-32)51-39(56)29-10-15-36(48-27-29)53-20-18-52(19-21-53)17-7-6-8-22-60-31-12-13-33(30(23-31)24-38(55)59-5)40(57)49-35-14-16-37(54)50-41(35)58/h9-13,15,23,25,27,35,37,41-43,50,54,58H,6-8,14,16-22,24H2,1-5H3,(H,49,57)(H,51,56)/t35-,37-,41-,42?,43?/m1/s1. The van der Waals surface area contributed by atoms with Gasteiger partial charge in [0, 0.05) is 60.9 Å². The van der Waals surface area contributed by atoms with E-state index < -0.39 is 30.4 Å². The van der Waals surface area contributed by atoms with E-state index >= 15 is 0 Å². The molecule has 0 spiro atoms. The second-order valence-electron chi connectivity index (χ2n) is 17.3. The van der Waals surface area contributed by atoms with E-state index in [1.54, 1.807) is 42.6 Å². The smallest absolute Gasteiger partial charge is 0.310 e. The highest BCUT2D eigenvalue weighted by atomic mass is 35.5. The van der Waals surface area contributed by atoms with Gasteiger partial charge in [-0.15, -0.1) is 0 Å². The molecule has 2 aromatic carbocycles. The highest BCUT2D eigenvalue weighted by Gasteiger charge is 2.64. The summed E-state index contributed by atoms with van der Waals surface area (Å²) in [5.41, 5.74) is 0.896. The first-order valence-corrected chi connectivity index (χ1v) is 21.3. The van der Waals surface area contributed by atoms with Gasteiger partial charge in [-0.25, -0.2) is 4.98 Å². The number of esters is 1. The number of aliphatic hydroxyl groups excluding tert-OH is 2. The highest BCUT2D eigenvalue weighted by molar-refractivity contribution is 6.31. The van der Waals surface area contributed by atoms with Gasteiger partial charge >= 0.3 is 5.97 Å². The summed E-state index contributed by atoms with van der Waals surface area (Å²) in [6.45, 7) is 13.2. The number of nitrogens with one attached hydrogen (secondary N) is 3. The van der Waals surface area contributed by atoms with Crippen LogP contribution in [0.15, 0.2) is 54.7 Å². The zero-order valence-corrected chi connectivity index (χ0v) is 36.3. The molecule has 3 fully saturated rings. The third-order valence-electron chi connectivity index (χ3n) is 12.2. The van der Waals surface area contributed by atoms with Crippen LogP contribution >= 0.6 is 11.6 Å². The van der Waals surface area contributed by atoms with Gasteiger partial charge in [0.1, 0.15) is 41.9 Å². The van der Waals surface area contributed by atoms with Crippen LogP contribution in [0.2, 0.25) is 5.02 Å². The van der Waals surface area contributed by atoms with Crippen LogP contribution in [-0.4, -0.2) is 115 Å². The van der Waals surface area contributed by atoms with Gasteiger partial charge < -0.3 is 40.0 Å². The fourth-order valence-corrected chi connectivity index (χ4v) is 9.28. The van der Waals surface area contributed by atoms with E-state index in [1.165, 1.54) is 7.11 Å². The molecule has 328 valence electrons. The highest BCUT2D eigenvalue weighted by Crippen LogP contribution is 2.55. The molecule has 3 heterocycles. The Morgan fingerprint density at radius 3 is 2.33 bits per heavy atom. The molecule has 2 amide bonds. The molecule has 15 nitrogen and oxygen atoms in total. The van der Waals surface area contributed by atoms with Gasteiger partial charge in [-0.2, -0.15) is 5.26 Å². The number of benzene rings is 2. The Balaban J connectivity index is 0.900. The molecule has 0 unspecified atom stereocenters. The van der Waals surface area contributed by atoms with Crippen molar-refractivity contribution < 1.29 is 38.8 Å². The number of piperidine rings is 1. The maximum Gasteiger partial charge on any atom is 0.310 e. The first-order chi connectivity index (χ1) is 29.1. The lowest BCUT2D eigenvalue weighted by Gasteiger charge is -2.63. The topological polar surface area (TPSA) is 199 Å². The molecule has 1 aliphatic carbocycles. The van der Waals surface area contributed by atoms with Crippen molar-refractivity contribution in [2.45, 2.75) is 96.9 Å². The lowest BCUT2D eigenvalue weighted by molar-refractivity contribution is -0.164. The number of nitrogens with zero attached hydrogens (tertiary/aromatic N) is 4. The van der Waals surface area contributed by atoms with Crippen LogP contribution in [0.4, 0.5) is 5.82 Å². The van der Waals surface area contributed by atoms with Gasteiger partial charge in [0.2, 0.25) is 0 Å². The van der Waals surface area contributed by atoms with E-state index in [0.717, 1.165) is 57.8 Å². The molecule has 3 aliphatic rings. The Kier molecular flexibility index (Phi) is 14.8. The lowest BCUT2D eigenvalue weighted by Crippen LogP contribution is -2.74. The summed E-state index contributed by atoms with van der Waals surface area (Å²) in [7, 11) is 1.29. The molecule has 2 aliphatic heterocycles. The quantitative estimate of drug-likeness (QED) is 0.100. The summed E-state index contributed by atoms with van der Waals surface area (Å²) in [5.74, 6) is 0.877. The Labute approximate surface area is 362 Å². The number of amides is 2. The van der Waals surface area contributed by atoms with E-state index in [9.17, 15) is 29.9 Å². The summed E-state index contributed by atoms with van der Waals surface area (Å²) in [4.78, 5) is 48.1. The van der Waals surface area contributed by atoms with Crippen LogP contribution in [-0.2, 0) is 16.0 Å². The van der Waals surface area contributed by atoms with Gasteiger partial charge in [0.05, 0.1) is 42.3 Å². The van der Waals surface area contributed by atoms with Crippen molar-refractivity contribution in [1.82, 2.24) is 25.8 Å². The van der Waals surface area contributed by atoms with Gasteiger partial charge in [-0.1, -0.05) is 39.3 Å². The average Bonchev–Trinajstić information content (AvgIpc) is 3.24. The van der Waals surface area contributed by atoms with E-state index in [2.05, 4.69) is 64.5 Å². The normalized spacial score (nSPS) is 23.2. The Morgan fingerprint density at radius 1 is 0.934 bits per heavy atom. The zero-order chi connectivity index (χ0) is 43.9. The monoisotopic (exact) mass is 859 g/mol. The average molecular weight is 860 g/mol. The number of ether oxygens (including phenoxy) is 3. The van der Waals surface area contributed by atoms with E-state index in [-0.39, 0.29) is 35.3 Å². The first-order valence-electron chi connectivity index (χ1n) is 21.0. The second-order valence-corrected chi connectivity index (χ2v) is 17.7. The minimum absolute atomic E-state index is 0.109. The molecule has 16 heteroatoms. The van der Waals surface area contributed by atoms with Crippen LogP contribution in [0.5, 0.6) is 11.5 Å². The second kappa shape index (κ2) is 19.8. The summed E-state index contributed by atoms with van der Waals surface area (Å²) in [5, 5.41) is 38.1. The van der Waals surface area contributed by atoms with Gasteiger partial charge in [0.15, 0.2) is 0 Å². The third kappa shape index (κ3) is 10.9. The molecule has 2 saturated heterocycles. The molecule has 3 atom stereocenters. The predicted octanol–water partition coefficient (Wildman–Crippen LogP) is 4.42. The van der Waals surface area contributed by atoms with Crippen molar-refractivity contribution in [2.24, 2.45) is 10.8 Å². The number of rotatable bonds is 16. The van der Waals surface area contributed by atoms with Gasteiger partial charge in [-0.05, 0) is 86.7 Å². The van der Waals surface area contributed by atoms with E-state index in [0.29, 0.717) is 58.2 Å². The minimum atomic E-state index is -1.09. The van der Waals surface area contributed by atoms with Crippen LogP contribution in [0.3, 0.4) is 0 Å². The number of halogens is 1. The number of piperazine rings is 1. The van der Waals surface area contributed by atoms with Crippen molar-refractivity contribution in [3.63, 3.8) is 0 Å². The Hall–Kier alpha value is -4.98. The fraction of sp³-hybridized carbons (Fsp3) is 0.533. The number of carbonyl (C=O) groups is 3. The SMILES string of the molecule is COC(=O)Cc1cc(OCCCCCN2CCN(c3ccc(C(=O)NC4C(C)(C)C(Oc5ccc(C#N)c(Cl)c5)C4(C)C)cn3)CC2)ccc1C(=O)N[C@@H]1CC[C@@H](O)N[C@@H]1O. The molecular weight excluding hydrogens is 802 g/mol. The van der Waals surface area contributed by atoms with Gasteiger partial charge in [-0.3, -0.25) is 24.6 Å². The largest absolute Gasteiger partial charge is 0.494 e. The number of aromatic nitrogens is 1. The van der Waals surface area contributed by atoms with Crippen LogP contribution in [0.25, 0.3) is 0 Å². The minimum Gasteiger partial charge on any atom is -0.494 e. The number of hydrogen-bond acceptors (Lipinski definition) is 13. The van der Waals surface area contributed by atoms with Crippen LogP contribution < -0.4 is 30.3 Å². The van der Waals surface area contributed by atoms with Crippen molar-refractivity contribution >= 4 is 35.2 Å². The summed E-state index contributed by atoms with van der Waals surface area (Å²) in [6.07, 6.45) is 3.04. The molecule has 1 aromatic heterocycles. The van der Waals surface area contributed by atoms with Crippen molar-refractivity contribution in [3.05, 3.63) is 82.0 Å². The third-order valence-corrected chi connectivity index (χ3v) is 12.5. The number of aliphatic hydroxyl groups is 2. The van der Waals surface area contributed by atoms with Crippen LogP contribution in [0, 0.1) is 22.2 Å².